The van der Waals surface area contributed by atoms with Crippen molar-refractivity contribution in [3.05, 3.63) is 331 Å². The second kappa shape index (κ2) is 27.3. The van der Waals surface area contributed by atoms with E-state index in [2.05, 4.69) is 187 Å². The number of rotatable bonds is 10. The number of hydrogen-bond donors (Lipinski definition) is 0. The Labute approximate surface area is 568 Å². The molecular weight excluding hydrogens is 1250 g/mol. The number of halogens is 3. The molecule has 10 nitrogen and oxygen atoms in total. The number of para-hydroxylation sites is 1. The van der Waals surface area contributed by atoms with E-state index in [-0.39, 0.29) is 15.9 Å². The minimum Gasteiger partial charge on any atom is -0.456 e. The van der Waals surface area contributed by atoms with Gasteiger partial charge in [-0.15, -0.1) is 0 Å². The fourth-order valence-corrected chi connectivity index (χ4v) is 12.2. The predicted molar refractivity (Wildman–Crippen MR) is 391 cm³/mol. The van der Waals surface area contributed by atoms with Gasteiger partial charge in [-0.1, -0.05) is 279 Å². The first kappa shape index (κ1) is 60.3. The van der Waals surface area contributed by atoms with Crippen LogP contribution in [0.4, 0.5) is 0 Å². The van der Waals surface area contributed by atoms with E-state index in [1.54, 1.807) is 0 Å². The van der Waals surface area contributed by atoms with Crippen LogP contribution in [0.5, 0.6) is 0 Å². The summed E-state index contributed by atoms with van der Waals surface area (Å²) in [5.74, 6) is 3.30. The minimum atomic E-state index is 0.161. The Morgan fingerprint density at radius 3 is 1.12 bits per heavy atom. The molecule has 96 heavy (non-hydrogen) atoms. The lowest BCUT2D eigenvalue weighted by Crippen LogP contribution is -1.98. The highest BCUT2D eigenvalue weighted by molar-refractivity contribution is 6.29. The number of fused-ring (bicyclic) bond motifs is 5. The van der Waals surface area contributed by atoms with Crippen LogP contribution < -0.4 is 0 Å². The van der Waals surface area contributed by atoms with Gasteiger partial charge in [0.05, 0.1) is 0 Å². The first-order chi connectivity index (χ1) is 47.3. The molecule has 17 aromatic rings. The molecule has 0 unspecified atom stereocenters. The van der Waals surface area contributed by atoms with E-state index in [1.165, 1.54) is 10.9 Å². The Morgan fingerprint density at radius 1 is 0.188 bits per heavy atom. The fourth-order valence-electron chi connectivity index (χ4n) is 11.7. The highest BCUT2D eigenvalue weighted by atomic mass is 35.5. The molecule has 13 aromatic carbocycles. The monoisotopic (exact) mass is 1300 g/mol. The van der Waals surface area contributed by atoms with Crippen molar-refractivity contribution in [1.29, 1.82) is 0 Å². The third-order valence-corrected chi connectivity index (χ3v) is 17.0. The average molecular weight is 1300 g/mol. The number of aromatic nitrogens is 9. The summed E-state index contributed by atoms with van der Waals surface area (Å²) in [5.41, 5.74) is 16.2. The lowest BCUT2D eigenvalue weighted by Gasteiger charge is -2.13. The molecule has 4 heterocycles. The van der Waals surface area contributed by atoms with Gasteiger partial charge in [-0.25, -0.2) is 15.0 Å². The topological polar surface area (TPSA) is 129 Å². The summed E-state index contributed by atoms with van der Waals surface area (Å²) in [5, 5.41) is 7.10. The van der Waals surface area contributed by atoms with Gasteiger partial charge >= 0.3 is 0 Å². The Hall–Kier alpha value is -11.9. The van der Waals surface area contributed by atoms with Gasteiger partial charge in [-0.2, -0.15) is 29.9 Å². The molecule has 0 aliphatic carbocycles. The van der Waals surface area contributed by atoms with Crippen molar-refractivity contribution in [2.24, 2.45) is 0 Å². The van der Waals surface area contributed by atoms with Crippen molar-refractivity contribution in [3.8, 4) is 113 Å². The average Bonchev–Trinajstić information content (AvgIpc) is 1.76. The molecule has 0 aliphatic heterocycles. The molecule has 0 atom stereocenters. The fraction of sp³-hybridized carbons (Fsp3) is 0. The van der Waals surface area contributed by atoms with Crippen molar-refractivity contribution >= 4 is 78.3 Å². The molecular formula is C83H52Cl3N9O. The maximum Gasteiger partial charge on any atom is 0.226 e. The maximum absolute atomic E-state index is 6.42. The van der Waals surface area contributed by atoms with Gasteiger partial charge in [0.25, 0.3) is 0 Å². The molecule has 0 radical (unpaired) electrons. The zero-order chi connectivity index (χ0) is 64.7. The Balaban J connectivity index is 0.000000119. The van der Waals surface area contributed by atoms with Crippen molar-refractivity contribution in [1.82, 2.24) is 44.9 Å². The summed E-state index contributed by atoms with van der Waals surface area (Å²) in [7, 11) is 0. The molecule has 456 valence electrons. The maximum atomic E-state index is 6.42. The second-order valence-electron chi connectivity index (χ2n) is 22.5. The highest BCUT2D eigenvalue weighted by Crippen LogP contribution is 2.38. The minimum absolute atomic E-state index is 0.161. The summed E-state index contributed by atoms with van der Waals surface area (Å²) >= 11 is 18.9. The molecule has 0 spiro atoms. The van der Waals surface area contributed by atoms with Crippen molar-refractivity contribution in [2.45, 2.75) is 0 Å². The number of hydrogen-bond acceptors (Lipinski definition) is 10. The van der Waals surface area contributed by atoms with E-state index in [1.807, 2.05) is 164 Å². The second-order valence-corrected chi connectivity index (χ2v) is 23.5. The largest absolute Gasteiger partial charge is 0.456 e. The summed E-state index contributed by atoms with van der Waals surface area (Å²) in [6, 6.07) is 106. The molecule has 0 N–H and O–H groups in total. The van der Waals surface area contributed by atoms with Gasteiger partial charge in [0.15, 0.2) is 34.9 Å². The Bertz CT molecular complexity index is 5630. The van der Waals surface area contributed by atoms with E-state index in [9.17, 15) is 0 Å². The summed E-state index contributed by atoms with van der Waals surface area (Å²) in [6.07, 6.45) is 0. The van der Waals surface area contributed by atoms with Crippen molar-refractivity contribution < 1.29 is 4.42 Å². The van der Waals surface area contributed by atoms with E-state index in [4.69, 9.17) is 49.2 Å². The molecule has 0 bridgehead atoms. The summed E-state index contributed by atoms with van der Waals surface area (Å²) in [4.78, 5) is 40.6. The van der Waals surface area contributed by atoms with Gasteiger partial charge in [0, 0.05) is 44.2 Å². The molecule has 17 rings (SSSR count). The lowest BCUT2D eigenvalue weighted by molar-refractivity contribution is 0.669. The van der Waals surface area contributed by atoms with Crippen LogP contribution in [-0.2, 0) is 0 Å². The van der Waals surface area contributed by atoms with Gasteiger partial charge in [0.2, 0.25) is 15.9 Å². The molecule has 13 heteroatoms. The third-order valence-electron chi connectivity index (χ3n) is 16.4. The van der Waals surface area contributed by atoms with Gasteiger partial charge in [-0.05, 0) is 137 Å². The predicted octanol–water partition coefficient (Wildman–Crippen LogP) is 22.5. The normalized spacial score (nSPS) is 11.1. The van der Waals surface area contributed by atoms with Crippen LogP contribution in [0.25, 0.3) is 156 Å². The van der Waals surface area contributed by atoms with Crippen LogP contribution in [-0.4, -0.2) is 44.9 Å². The molecule has 0 saturated carbocycles. The molecule has 0 amide bonds. The zero-order valence-corrected chi connectivity index (χ0v) is 53.4. The Morgan fingerprint density at radius 2 is 0.552 bits per heavy atom. The molecule has 0 fully saturated rings. The van der Waals surface area contributed by atoms with Crippen molar-refractivity contribution in [3.63, 3.8) is 0 Å². The standard InChI is InChI=1S/C31H20ClN3.C27H16ClN3O.C25H16ClN3/c32-31-34-29(33-30(35-31)27-17-9-15-22-14-7-8-16-25(22)27)24-18-19-26(21-10-3-1-4-11-21)28(20-24)23-12-5-2-6-13-23;28-27-30-25(19-12-10-18(11-13-19)17-6-2-1-3-7-17)29-26(31-27)20-14-15-24-22(16-20)21-8-4-5-9-23(21)32-24;26-25-28-23(20-13-10-19(11-14-20)17-6-2-1-3-7-17)27-24(29-25)22-15-12-18-8-4-5-9-21(18)16-22/h1-20H;1-16H;1-16H. The van der Waals surface area contributed by atoms with Crippen molar-refractivity contribution in [2.75, 3.05) is 0 Å². The van der Waals surface area contributed by atoms with E-state index in [0.717, 1.165) is 110 Å². The van der Waals surface area contributed by atoms with Crippen LogP contribution in [0.2, 0.25) is 15.9 Å². The van der Waals surface area contributed by atoms with Gasteiger partial charge in [-0.3, -0.25) is 0 Å². The highest BCUT2D eigenvalue weighted by Gasteiger charge is 2.18. The molecule has 4 aromatic heterocycles. The zero-order valence-electron chi connectivity index (χ0n) is 51.1. The van der Waals surface area contributed by atoms with Crippen LogP contribution in [0.3, 0.4) is 0 Å². The van der Waals surface area contributed by atoms with Crippen LogP contribution in [0.15, 0.2) is 320 Å². The van der Waals surface area contributed by atoms with E-state index < -0.39 is 0 Å². The first-order valence-corrected chi connectivity index (χ1v) is 32.1. The SMILES string of the molecule is Clc1nc(-c2ccc(-c3ccccc3)c(-c3ccccc3)c2)nc(-c2cccc3ccccc23)n1.Clc1nc(-c2ccc(-c3ccccc3)cc2)nc(-c2ccc3ccccc3c2)n1.Clc1nc(-c2ccc(-c3ccccc3)cc2)nc(-c2ccc3oc4ccccc4c3c2)n1. The molecule has 0 saturated heterocycles. The van der Waals surface area contributed by atoms with Crippen LogP contribution in [0, 0.1) is 0 Å². The number of benzene rings is 13. The quantitative estimate of drug-likeness (QED) is 0.130. The first-order valence-electron chi connectivity index (χ1n) is 31.0. The van der Waals surface area contributed by atoms with E-state index >= 15 is 0 Å². The smallest absolute Gasteiger partial charge is 0.226 e. The van der Waals surface area contributed by atoms with Gasteiger partial charge < -0.3 is 4.42 Å². The molecule has 0 aliphatic rings. The van der Waals surface area contributed by atoms with Crippen LogP contribution >= 0.6 is 34.8 Å². The Kier molecular flexibility index (Phi) is 17.2. The summed E-state index contributed by atoms with van der Waals surface area (Å²) < 4.78 is 5.93. The third kappa shape index (κ3) is 13.2. The van der Waals surface area contributed by atoms with Gasteiger partial charge in [0.1, 0.15) is 11.2 Å². The lowest BCUT2D eigenvalue weighted by atomic mass is 9.92. The van der Waals surface area contributed by atoms with Crippen LogP contribution in [0.1, 0.15) is 0 Å². The number of nitrogens with zero attached hydrogens (tertiary/aromatic N) is 9. The summed E-state index contributed by atoms with van der Waals surface area (Å²) in [6.45, 7) is 0. The number of furan rings is 1. The van der Waals surface area contributed by atoms with E-state index in [0.29, 0.717) is 34.9 Å².